The van der Waals surface area contributed by atoms with E-state index >= 15 is 0 Å². The van der Waals surface area contributed by atoms with Crippen LogP contribution in [0.4, 0.5) is 0 Å². The highest BCUT2D eigenvalue weighted by atomic mass is 79.9. The van der Waals surface area contributed by atoms with Gasteiger partial charge in [-0.2, -0.15) is 0 Å². The molecule has 0 saturated carbocycles. The predicted octanol–water partition coefficient (Wildman–Crippen LogP) is 6.16. The number of halogens is 2. The van der Waals surface area contributed by atoms with Crippen molar-refractivity contribution in [2.45, 2.75) is 23.6 Å². The van der Waals surface area contributed by atoms with Gasteiger partial charge in [-0.1, -0.05) is 51.8 Å². The van der Waals surface area contributed by atoms with Gasteiger partial charge in [0, 0.05) is 9.92 Å². The Kier molecular flexibility index (Phi) is 4.99. The van der Waals surface area contributed by atoms with E-state index < -0.39 is 0 Å². The third-order valence-electron chi connectivity index (χ3n) is 3.23. The minimum atomic E-state index is 0.201. The average Bonchev–Trinajstić information content (AvgIpc) is 2.42. The molecule has 0 heterocycles. The lowest BCUT2D eigenvalue weighted by Gasteiger charge is -2.17. The van der Waals surface area contributed by atoms with E-state index in [-0.39, 0.29) is 4.83 Å². The molecule has 1 atom stereocenters. The minimum absolute atomic E-state index is 0.201. The van der Waals surface area contributed by atoms with Crippen molar-refractivity contribution >= 4 is 39.3 Å². The maximum Gasteiger partial charge on any atom is 0.0658 e. The molecule has 0 nitrogen and oxygen atoms in total. The molecule has 1 unspecified atom stereocenters. The van der Waals surface area contributed by atoms with Gasteiger partial charge in [0.25, 0.3) is 0 Å². The van der Waals surface area contributed by atoms with Gasteiger partial charge in [0.2, 0.25) is 0 Å². The molecule has 0 amide bonds. The molecule has 0 radical (unpaired) electrons. The summed E-state index contributed by atoms with van der Waals surface area (Å²) >= 11 is 11.8. The Balaban J connectivity index is 2.50. The first-order chi connectivity index (χ1) is 9.04. The Bertz CT molecular complexity index is 595. The summed E-state index contributed by atoms with van der Waals surface area (Å²) in [5.74, 6) is 0. The molecule has 2 aromatic rings. The average molecular weight is 356 g/mol. The van der Waals surface area contributed by atoms with Gasteiger partial charge >= 0.3 is 0 Å². The van der Waals surface area contributed by atoms with Gasteiger partial charge in [-0.15, -0.1) is 11.8 Å². The summed E-state index contributed by atoms with van der Waals surface area (Å²) in [4.78, 5) is 1.50. The first kappa shape index (κ1) is 15.0. The second kappa shape index (κ2) is 6.34. The number of rotatable bonds is 3. The number of alkyl halides is 1. The SMILES string of the molecule is CSc1ccccc1C(Br)c1cc(C)c(Cl)cc1C. The van der Waals surface area contributed by atoms with Gasteiger partial charge in [0.15, 0.2) is 0 Å². The highest BCUT2D eigenvalue weighted by molar-refractivity contribution is 9.09. The van der Waals surface area contributed by atoms with Crippen molar-refractivity contribution in [2.24, 2.45) is 0 Å². The lowest BCUT2D eigenvalue weighted by Crippen LogP contribution is -1.98. The van der Waals surface area contributed by atoms with Gasteiger partial charge in [-0.25, -0.2) is 0 Å². The normalized spacial score (nSPS) is 12.5. The van der Waals surface area contributed by atoms with Crippen LogP contribution in [-0.4, -0.2) is 6.26 Å². The summed E-state index contributed by atoms with van der Waals surface area (Å²) in [6.07, 6.45) is 2.11. The van der Waals surface area contributed by atoms with E-state index in [0.717, 1.165) is 10.6 Å². The summed E-state index contributed by atoms with van der Waals surface area (Å²) in [6.45, 7) is 4.15. The highest BCUT2D eigenvalue weighted by Gasteiger charge is 2.16. The van der Waals surface area contributed by atoms with Crippen LogP contribution in [0.15, 0.2) is 41.3 Å². The Labute approximate surface area is 132 Å². The van der Waals surface area contributed by atoms with E-state index in [1.54, 1.807) is 11.8 Å². The van der Waals surface area contributed by atoms with Crippen LogP contribution in [0.2, 0.25) is 5.02 Å². The predicted molar refractivity (Wildman–Crippen MR) is 89.9 cm³/mol. The molecule has 0 saturated heterocycles. The van der Waals surface area contributed by atoms with Gasteiger partial charge in [0.05, 0.1) is 4.83 Å². The summed E-state index contributed by atoms with van der Waals surface area (Å²) in [7, 11) is 0. The summed E-state index contributed by atoms with van der Waals surface area (Å²) in [5.41, 5.74) is 4.92. The Hall–Kier alpha value is -0.440. The molecule has 0 aliphatic rings. The van der Waals surface area contributed by atoms with Crippen molar-refractivity contribution < 1.29 is 0 Å². The first-order valence-corrected chi connectivity index (χ1v) is 8.60. The highest BCUT2D eigenvalue weighted by Crippen LogP contribution is 2.38. The van der Waals surface area contributed by atoms with E-state index in [1.165, 1.54) is 21.6 Å². The zero-order valence-electron chi connectivity index (χ0n) is 11.2. The molecule has 19 heavy (non-hydrogen) atoms. The van der Waals surface area contributed by atoms with Crippen LogP contribution in [0.1, 0.15) is 27.1 Å². The van der Waals surface area contributed by atoms with Gasteiger partial charge < -0.3 is 0 Å². The largest absolute Gasteiger partial charge is 0.129 e. The van der Waals surface area contributed by atoms with Crippen LogP contribution in [0.25, 0.3) is 0 Å². The third-order valence-corrected chi connectivity index (χ3v) is 5.44. The molecular weight excluding hydrogens is 340 g/mol. The molecule has 2 aromatic carbocycles. The minimum Gasteiger partial charge on any atom is -0.129 e. The van der Waals surface area contributed by atoms with Crippen LogP contribution in [0.5, 0.6) is 0 Å². The van der Waals surface area contributed by atoms with Crippen molar-refractivity contribution in [1.29, 1.82) is 0 Å². The summed E-state index contributed by atoms with van der Waals surface area (Å²) in [6, 6.07) is 12.7. The van der Waals surface area contributed by atoms with Crippen molar-refractivity contribution in [2.75, 3.05) is 6.26 Å². The second-order valence-electron chi connectivity index (χ2n) is 4.56. The fourth-order valence-electron chi connectivity index (χ4n) is 2.12. The van der Waals surface area contributed by atoms with Gasteiger partial charge in [0.1, 0.15) is 0 Å². The monoisotopic (exact) mass is 354 g/mol. The van der Waals surface area contributed by atoms with E-state index in [2.05, 4.69) is 59.4 Å². The smallest absolute Gasteiger partial charge is 0.0658 e. The standard InChI is InChI=1S/C16H16BrClS/c1-10-9-14(18)11(2)8-13(10)16(17)12-6-4-5-7-15(12)19-3/h4-9,16H,1-3H3. The molecule has 3 heteroatoms. The Morgan fingerprint density at radius 2 is 1.74 bits per heavy atom. The zero-order chi connectivity index (χ0) is 14.0. The molecule has 0 fully saturated rings. The first-order valence-electron chi connectivity index (χ1n) is 6.08. The quantitative estimate of drug-likeness (QED) is 0.469. The van der Waals surface area contributed by atoms with E-state index in [0.29, 0.717) is 0 Å². The van der Waals surface area contributed by atoms with Crippen molar-refractivity contribution in [3.63, 3.8) is 0 Å². The van der Waals surface area contributed by atoms with Gasteiger partial charge in [-0.3, -0.25) is 0 Å². The number of aryl methyl sites for hydroxylation is 2. The Morgan fingerprint density at radius 3 is 2.42 bits per heavy atom. The van der Waals surface area contributed by atoms with E-state index in [1.807, 2.05) is 13.0 Å². The second-order valence-corrected chi connectivity index (χ2v) is 6.73. The van der Waals surface area contributed by atoms with E-state index in [4.69, 9.17) is 11.6 Å². The lowest BCUT2D eigenvalue weighted by atomic mass is 9.98. The molecule has 100 valence electrons. The molecule has 0 aliphatic heterocycles. The zero-order valence-corrected chi connectivity index (χ0v) is 14.4. The van der Waals surface area contributed by atoms with Crippen LogP contribution in [0.3, 0.4) is 0 Å². The Morgan fingerprint density at radius 1 is 1.05 bits per heavy atom. The van der Waals surface area contributed by atoms with E-state index in [9.17, 15) is 0 Å². The number of hydrogen-bond donors (Lipinski definition) is 0. The fourth-order valence-corrected chi connectivity index (χ4v) is 4.02. The van der Waals surface area contributed by atoms with Crippen molar-refractivity contribution in [3.05, 3.63) is 63.7 Å². The topological polar surface area (TPSA) is 0 Å². The maximum absolute atomic E-state index is 6.18. The maximum atomic E-state index is 6.18. The van der Waals surface area contributed by atoms with Crippen molar-refractivity contribution in [1.82, 2.24) is 0 Å². The summed E-state index contributed by atoms with van der Waals surface area (Å²) in [5, 5.41) is 0.833. The molecular formula is C16H16BrClS. The molecule has 0 aromatic heterocycles. The molecule has 0 N–H and O–H groups in total. The van der Waals surface area contributed by atoms with Crippen molar-refractivity contribution in [3.8, 4) is 0 Å². The van der Waals surface area contributed by atoms with Crippen LogP contribution in [-0.2, 0) is 0 Å². The molecule has 0 spiro atoms. The number of thioether (sulfide) groups is 1. The molecule has 0 aliphatic carbocycles. The third kappa shape index (κ3) is 3.18. The van der Waals surface area contributed by atoms with Crippen LogP contribution in [0, 0.1) is 13.8 Å². The fraction of sp³-hybridized carbons (Fsp3) is 0.250. The molecule has 2 rings (SSSR count). The van der Waals surface area contributed by atoms with Crippen LogP contribution >= 0.6 is 39.3 Å². The molecule has 0 bridgehead atoms. The number of benzene rings is 2. The lowest BCUT2D eigenvalue weighted by molar-refractivity contribution is 1.09. The van der Waals surface area contributed by atoms with Crippen LogP contribution < -0.4 is 0 Å². The van der Waals surface area contributed by atoms with Gasteiger partial charge in [-0.05, 0) is 54.5 Å². The number of hydrogen-bond acceptors (Lipinski definition) is 1. The summed E-state index contributed by atoms with van der Waals surface area (Å²) < 4.78 is 0.